The maximum Gasteiger partial charge on any atom is 0.271 e. The summed E-state index contributed by atoms with van der Waals surface area (Å²) in [5.74, 6) is -0.452. The van der Waals surface area contributed by atoms with E-state index in [0.29, 0.717) is 12.8 Å². The third kappa shape index (κ3) is 4.15. The van der Waals surface area contributed by atoms with Crippen LogP contribution in [0.5, 0.6) is 0 Å². The number of carbonyl (C=O) groups is 1. The summed E-state index contributed by atoms with van der Waals surface area (Å²) >= 11 is 5.80. The van der Waals surface area contributed by atoms with Crippen molar-refractivity contribution in [3.8, 4) is 0 Å². The molecule has 0 bridgehead atoms. The lowest BCUT2D eigenvalue weighted by atomic mass is 10.1. The zero-order valence-electron chi connectivity index (χ0n) is 11.4. The van der Waals surface area contributed by atoms with Crippen LogP contribution in [0.1, 0.15) is 42.5 Å². The van der Waals surface area contributed by atoms with E-state index in [9.17, 15) is 20.0 Å². The molecule has 2 unspecified atom stereocenters. The third-order valence-electron chi connectivity index (χ3n) is 3.65. The monoisotopic (exact) mass is 312 g/mol. The van der Waals surface area contributed by atoms with Crippen LogP contribution in [0, 0.1) is 10.1 Å². The van der Waals surface area contributed by atoms with E-state index in [2.05, 4.69) is 5.32 Å². The number of nitrogens with zero attached hydrogens (tertiary/aromatic N) is 1. The van der Waals surface area contributed by atoms with Gasteiger partial charge in [-0.25, -0.2) is 0 Å². The first-order valence-corrected chi connectivity index (χ1v) is 7.29. The Labute approximate surface area is 127 Å². The standard InChI is InChI=1S/C14H17ClN2O4/c15-10-6-9(7-11(8-10)17(20)21)14(19)16-12-4-2-1-3-5-13(12)18/h6-8,12-13,18H,1-5H2,(H,16,19). The van der Waals surface area contributed by atoms with Gasteiger partial charge < -0.3 is 10.4 Å². The van der Waals surface area contributed by atoms with E-state index in [-0.39, 0.29) is 22.3 Å². The van der Waals surface area contributed by atoms with Crippen LogP contribution in [0.2, 0.25) is 5.02 Å². The number of hydrogen-bond donors (Lipinski definition) is 2. The lowest BCUT2D eigenvalue weighted by molar-refractivity contribution is -0.384. The predicted molar refractivity (Wildman–Crippen MR) is 78.5 cm³/mol. The van der Waals surface area contributed by atoms with Gasteiger partial charge in [-0.05, 0) is 18.9 Å². The van der Waals surface area contributed by atoms with Gasteiger partial charge in [0.1, 0.15) is 0 Å². The van der Waals surface area contributed by atoms with Crippen LogP contribution in [-0.2, 0) is 0 Å². The maximum atomic E-state index is 12.2. The van der Waals surface area contributed by atoms with Crippen molar-refractivity contribution in [1.82, 2.24) is 5.32 Å². The average Bonchev–Trinajstić information content (AvgIpc) is 2.63. The number of nitro groups is 1. The summed E-state index contributed by atoms with van der Waals surface area (Å²) in [5.41, 5.74) is -0.0975. The first-order chi connectivity index (χ1) is 9.97. The minimum Gasteiger partial charge on any atom is -0.391 e. The van der Waals surface area contributed by atoms with Gasteiger partial charge in [-0.1, -0.05) is 30.9 Å². The molecule has 21 heavy (non-hydrogen) atoms. The molecule has 2 rings (SSSR count). The molecule has 1 aliphatic rings. The van der Waals surface area contributed by atoms with Crippen molar-refractivity contribution in [2.24, 2.45) is 0 Å². The molecule has 0 heterocycles. The number of carbonyl (C=O) groups excluding carboxylic acids is 1. The first-order valence-electron chi connectivity index (χ1n) is 6.91. The summed E-state index contributed by atoms with van der Waals surface area (Å²) in [7, 11) is 0. The normalized spacial score (nSPS) is 22.4. The number of aliphatic hydroxyl groups excluding tert-OH is 1. The molecule has 1 aromatic carbocycles. The molecule has 2 atom stereocenters. The molecule has 2 N–H and O–H groups in total. The van der Waals surface area contributed by atoms with Crippen LogP contribution >= 0.6 is 11.6 Å². The molecular formula is C14H17ClN2O4. The van der Waals surface area contributed by atoms with Crippen molar-refractivity contribution in [3.63, 3.8) is 0 Å². The number of amides is 1. The molecule has 1 saturated carbocycles. The molecule has 1 fully saturated rings. The van der Waals surface area contributed by atoms with Crippen molar-refractivity contribution < 1.29 is 14.8 Å². The highest BCUT2D eigenvalue weighted by molar-refractivity contribution is 6.31. The number of aliphatic hydroxyl groups is 1. The second kappa shape index (κ2) is 6.87. The van der Waals surface area contributed by atoms with Crippen LogP contribution in [0.15, 0.2) is 18.2 Å². The van der Waals surface area contributed by atoms with E-state index in [4.69, 9.17) is 11.6 Å². The van der Waals surface area contributed by atoms with E-state index in [1.807, 2.05) is 0 Å². The minimum absolute atomic E-state index is 0.130. The number of benzene rings is 1. The summed E-state index contributed by atoms with van der Waals surface area (Å²) in [6.45, 7) is 0. The highest BCUT2D eigenvalue weighted by atomic mass is 35.5. The third-order valence-corrected chi connectivity index (χ3v) is 3.87. The predicted octanol–water partition coefficient (Wildman–Crippen LogP) is 2.67. The maximum absolute atomic E-state index is 12.2. The van der Waals surface area contributed by atoms with Gasteiger partial charge in [0, 0.05) is 22.7 Å². The van der Waals surface area contributed by atoms with Crippen LogP contribution in [0.3, 0.4) is 0 Å². The number of halogens is 1. The summed E-state index contributed by atoms with van der Waals surface area (Å²) in [5, 5.41) is 23.7. The quantitative estimate of drug-likeness (QED) is 0.510. The Morgan fingerprint density at radius 3 is 2.71 bits per heavy atom. The summed E-state index contributed by atoms with van der Waals surface area (Å²) in [4.78, 5) is 22.4. The van der Waals surface area contributed by atoms with Gasteiger partial charge in [0.25, 0.3) is 11.6 Å². The highest BCUT2D eigenvalue weighted by Crippen LogP contribution is 2.22. The largest absolute Gasteiger partial charge is 0.391 e. The van der Waals surface area contributed by atoms with E-state index in [0.717, 1.165) is 19.3 Å². The van der Waals surface area contributed by atoms with E-state index in [1.165, 1.54) is 18.2 Å². The summed E-state index contributed by atoms with van der Waals surface area (Å²) in [6.07, 6.45) is 3.70. The molecule has 0 spiro atoms. The number of rotatable bonds is 3. The van der Waals surface area contributed by atoms with Crippen LogP contribution in [0.25, 0.3) is 0 Å². The molecule has 0 aliphatic heterocycles. The van der Waals surface area contributed by atoms with Crippen molar-refractivity contribution in [2.45, 2.75) is 44.2 Å². The Kier molecular flexibility index (Phi) is 5.14. The van der Waals surface area contributed by atoms with Crippen molar-refractivity contribution in [1.29, 1.82) is 0 Å². The van der Waals surface area contributed by atoms with E-state index >= 15 is 0 Å². The van der Waals surface area contributed by atoms with Gasteiger partial charge in [0.15, 0.2) is 0 Å². The fourth-order valence-electron chi connectivity index (χ4n) is 2.52. The Bertz CT molecular complexity index is 550. The van der Waals surface area contributed by atoms with Crippen molar-refractivity contribution in [3.05, 3.63) is 38.9 Å². The summed E-state index contributed by atoms with van der Waals surface area (Å²) in [6, 6.07) is 3.44. The second-order valence-corrected chi connectivity index (χ2v) is 5.68. The second-order valence-electron chi connectivity index (χ2n) is 5.24. The molecule has 114 valence electrons. The van der Waals surface area contributed by atoms with Gasteiger partial charge in [-0.3, -0.25) is 14.9 Å². The van der Waals surface area contributed by atoms with Gasteiger partial charge >= 0.3 is 0 Å². The SMILES string of the molecule is O=C(NC1CCCCCC1O)c1cc(Cl)cc([N+](=O)[O-])c1. The lowest BCUT2D eigenvalue weighted by Gasteiger charge is -2.21. The fraction of sp³-hybridized carbons (Fsp3) is 0.500. The van der Waals surface area contributed by atoms with Crippen LogP contribution in [-0.4, -0.2) is 28.1 Å². The van der Waals surface area contributed by atoms with Crippen molar-refractivity contribution >= 4 is 23.2 Å². The molecule has 1 aromatic rings. The zero-order chi connectivity index (χ0) is 15.4. The molecule has 6 nitrogen and oxygen atoms in total. The fourth-order valence-corrected chi connectivity index (χ4v) is 2.75. The lowest BCUT2D eigenvalue weighted by Crippen LogP contribution is -2.42. The zero-order valence-corrected chi connectivity index (χ0v) is 12.2. The average molecular weight is 313 g/mol. The molecule has 7 heteroatoms. The van der Waals surface area contributed by atoms with Gasteiger partial charge in [0.2, 0.25) is 0 Å². The number of nitrogens with one attached hydrogen (secondary N) is 1. The minimum atomic E-state index is -0.594. The van der Waals surface area contributed by atoms with E-state index < -0.39 is 16.9 Å². The topological polar surface area (TPSA) is 92.5 Å². The van der Waals surface area contributed by atoms with Crippen molar-refractivity contribution in [2.75, 3.05) is 0 Å². The van der Waals surface area contributed by atoms with E-state index in [1.54, 1.807) is 0 Å². The Balaban J connectivity index is 2.14. The Morgan fingerprint density at radius 1 is 1.29 bits per heavy atom. The molecular weight excluding hydrogens is 296 g/mol. The Morgan fingerprint density at radius 2 is 2.00 bits per heavy atom. The highest BCUT2D eigenvalue weighted by Gasteiger charge is 2.24. The molecule has 0 aromatic heterocycles. The molecule has 0 radical (unpaired) electrons. The number of nitro benzene ring substituents is 1. The molecule has 1 aliphatic carbocycles. The van der Waals surface area contributed by atoms with Gasteiger partial charge in [-0.2, -0.15) is 0 Å². The number of hydrogen-bond acceptors (Lipinski definition) is 4. The first kappa shape index (κ1) is 15.7. The van der Waals surface area contributed by atoms with Gasteiger partial charge in [-0.15, -0.1) is 0 Å². The Hall–Kier alpha value is -1.66. The molecule has 0 saturated heterocycles. The smallest absolute Gasteiger partial charge is 0.271 e. The molecule has 1 amide bonds. The van der Waals surface area contributed by atoms with Crippen LogP contribution in [0.4, 0.5) is 5.69 Å². The summed E-state index contributed by atoms with van der Waals surface area (Å²) < 4.78 is 0. The van der Waals surface area contributed by atoms with Gasteiger partial charge in [0.05, 0.1) is 17.1 Å². The number of non-ortho nitro benzene ring substituents is 1. The van der Waals surface area contributed by atoms with Crippen LogP contribution < -0.4 is 5.32 Å².